The molecule has 0 N–H and O–H groups in total. The number of halogens is 2. The van der Waals surface area contributed by atoms with E-state index < -0.39 is 0 Å². The number of hydrogen-bond donors (Lipinski definition) is 0. The molecule has 0 radical (unpaired) electrons. The third-order valence-electron chi connectivity index (χ3n) is 2.16. The Balaban J connectivity index is 3.19. The van der Waals surface area contributed by atoms with Crippen LogP contribution in [0.25, 0.3) is 0 Å². The summed E-state index contributed by atoms with van der Waals surface area (Å²) < 4.78 is 5.10. The maximum atomic E-state index is 6.04. The van der Waals surface area contributed by atoms with Crippen LogP contribution in [0.1, 0.15) is 44.2 Å². The van der Waals surface area contributed by atoms with Crippen LogP contribution in [-0.4, -0.2) is 17.1 Å². The van der Waals surface area contributed by atoms with E-state index in [1.165, 1.54) is 0 Å². The van der Waals surface area contributed by atoms with E-state index in [9.17, 15) is 0 Å². The van der Waals surface area contributed by atoms with Gasteiger partial charge < -0.3 is 4.74 Å². The SMILES string of the molecule is COC(C)c1nc(Cl)c(C(C)C)c(Cl)n1. The van der Waals surface area contributed by atoms with Gasteiger partial charge in [-0.2, -0.15) is 0 Å². The average Bonchev–Trinajstić information content (AvgIpc) is 2.14. The van der Waals surface area contributed by atoms with E-state index in [1.807, 2.05) is 20.8 Å². The first-order valence-corrected chi connectivity index (χ1v) is 5.48. The Morgan fingerprint density at radius 3 is 1.87 bits per heavy atom. The van der Waals surface area contributed by atoms with Gasteiger partial charge in [-0.3, -0.25) is 0 Å². The minimum Gasteiger partial charge on any atom is -0.374 e. The molecule has 15 heavy (non-hydrogen) atoms. The summed E-state index contributed by atoms with van der Waals surface area (Å²) >= 11 is 12.1. The van der Waals surface area contributed by atoms with Crippen LogP contribution >= 0.6 is 23.2 Å². The summed E-state index contributed by atoms with van der Waals surface area (Å²) in [6, 6.07) is 0. The Hall–Kier alpha value is -0.380. The van der Waals surface area contributed by atoms with Gasteiger partial charge in [-0.15, -0.1) is 0 Å². The van der Waals surface area contributed by atoms with Crippen molar-refractivity contribution in [2.75, 3.05) is 7.11 Å². The van der Waals surface area contributed by atoms with Crippen molar-refractivity contribution < 1.29 is 4.74 Å². The molecule has 5 heteroatoms. The molecule has 0 aliphatic rings. The first-order valence-electron chi connectivity index (χ1n) is 4.73. The van der Waals surface area contributed by atoms with Crippen molar-refractivity contribution in [3.63, 3.8) is 0 Å². The van der Waals surface area contributed by atoms with Gasteiger partial charge in [0.05, 0.1) is 0 Å². The van der Waals surface area contributed by atoms with Gasteiger partial charge in [-0.1, -0.05) is 37.0 Å². The second kappa shape index (κ2) is 5.10. The molecule has 0 spiro atoms. The van der Waals surface area contributed by atoms with Crippen molar-refractivity contribution in [1.82, 2.24) is 9.97 Å². The monoisotopic (exact) mass is 248 g/mol. The summed E-state index contributed by atoms with van der Waals surface area (Å²) in [4.78, 5) is 8.34. The molecular formula is C10H14Cl2N2O. The number of aromatic nitrogens is 2. The summed E-state index contributed by atoms with van der Waals surface area (Å²) in [6.07, 6.45) is -0.207. The normalized spacial score (nSPS) is 13.3. The average molecular weight is 249 g/mol. The van der Waals surface area contributed by atoms with E-state index in [2.05, 4.69) is 9.97 Å². The highest BCUT2D eigenvalue weighted by molar-refractivity contribution is 6.34. The third kappa shape index (κ3) is 2.80. The maximum absolute atomic E-state index is 6.04. The summed E-state index contributed by atoms with van der Waals surface area (Å²) in [5.74, 6) is 0.716. The molecule has 0 fully saturated rings. The molecule has 0 saturated heterocycles. The topological polar surface area (TPSA) is 35.0 Å². The summed E-state index contributed by atoms with van der Waals surface area (Å²) in [6.45, 7) is 5.84. The molecular weight excluding hydrogens is 235 g/mol. The predicted octanol–water partition coefficient (Wildman–Crippen LogP) is 3.61. The number of rotatable bonds is 3. The molecule has 0 amide bonds. The number of ether oxygens (including phenoxy) is 1. The quantitative estimate of drug-likeness (QED) is 0.767. The van der Waals surface area contributed by atoms with Gasteiger partial charge in [-0.05, 0) is 12.8 Å². The van der Waals surface area contributed by atoms with E-state index in [-0.39, 0.29) is 12.0 Å². The maximum Gasteiger partial charge on any atom is 0.160 e. The van der Waals surface area contributed by atoms with E-state index in [0.29, 0.717) is 16.1 Å². The lowest BCUT2D eigenvalue weighted by Gasteiger charge is -2.13. The zero-order chi connectivity index (χ0) is 11.6. The van der Waals surface area contributed by atoms with Crippen molar-refractivity contribution in [3.8, 4) is 0 Å². The molecule has 1 aromatic rings. The van der Waals surface area contributed by atoms with Gasteiger partial charge in [-0.25, -0.2) is 9.97 Å². The highest BCUT2D eigenvalue weighted by Gasteiger charge is 2.17. The van der Waals surface area contributed by atoms with Crippen LogP contribution in [0.4, 0.5) is 0 Å². The zero-order valence-corrected chi connectivity index (χ0v) is 10.7. The van der Waals surface area contributed by atoms with Crippen molar-refractivity contribution in [3.05, 3.63) is 21.7 Å². The highest BCUT2D eigenvalue weighted by Crippen LogP contribution is 2.29. The molecule has 84 valence electrons. The Morgan fingerprint density at radius 1 is 1.07 bits per heavy atom. The fraction of sp³-hybridized carbons (Fsp3) is 0.600. The minimum absolute atomic E-state index is 0.205. The molecule has 1 heterocycles. The van der Waals surface area contributed by atoms with Gasteiger partial charge in [0, 0.05) is 12.7 Å². The smallest absolute Gasteiger partial charge is 0.160 e. The standard InChI is InChI=1S/C10H14Cl2N2O/c1-5(2)7-8(11)13-10(6(3)15-4)14-9(7)12/h5-6H,1-4H3. The van der Waals surface area contributed by atoms with Crippen molar-refractivity contribution in [2.24, 2.45) is 0 Å². The Morgan fingerprint density at radius 2 is 1.53 bits per heavy atom. The van der Waals surface area contributed by atoms with Crippen LogP contribution in [0.3, 0.4) is 0 Å². The van der Waals surface area contributed by atoms with Crippen LogP contribution in [-0.2, 0) is 4.74 Å². The molecule has 0 aliphatic carbocycles. The first-order chi connectivity index (χ1) is 6.97. The molecule has 1 atom stereocenters. The van der Waals surface area contributed by atoms with Crippen LogP contribution in [0, 0.1) is 0 Å². The molecule has 3 nitrogen and oxygen atoms in total. The number of hydrogen-bond acceptors (Lipinski definition) is 3. The minimum atomic E-state index is -0.207. The second-order valence-electron chi connectivity index (χ2n) is 3.61. The van der Waals surface area contributed by atoms with Crippen LogP contribution in [0.2, 0.25) is 10.3 Å². The molecule has 0 bridgehead atoms. The predicted molar refractivity (Wildman–Crippen MR) is 61.6 cm³/mol. The largest absolute Gasteiger partial charge is 0.374 e. The van der Waals surface area contributed by atoms with Crippen molar-refractivity contribution in [1.29, 1.82) is 0 Å². The third-order valence-corrected chi connectivity index (χ3v) is 2.74. The molecule has 0 saturated carbocycles. The van der Waals surface area contributed by atoms with Gasteiger partial charge in [0.15, 0.2) is 5.82 Å². The number of nitrogens with zero attached hydrogens (tertiary/aromatic N) is 2. The fourth-order valence-corrected chi connectivity index (χ4v) is 2.03. The summed E-state index contributed by atoms with van der Waals surface area (Å²) in [5, 5.41) is 0.813. The number of methoxy groups -OCH3 is 1. The van der Waals surface area contributed by atoms with E-state index in [0.717, 1.165) is 5.56 Å². The van der Waals surface area contributed by atoms with Crippen LogP contribution in [0.5, 0.6) is 0 Å². The molecule has 1 aromatic heterocycles. The lowest BCUT2D eigenvalue weighted by molar-refractivity contribution is 0.112. The molecule has 0 aliphatic heterocycles. The Kier molecular flexibility index (Phi) is 4.32. The zero-order valence-electron chi connectivity index (χ0n) is 9.21. The lowest BCUT2D eigenvalue weighted by Crippen LogP contribution is -2.06. The van der Waals surface area contributed by atoms with Crippen LogP contribution in [0.15, 0.2) is 0 Å². The lowest BCUT2D eigenvalue weighted by atomic mass is 10.1. The fourth-order valence-electron chi connectivity index (χ4n) is 1.20. The summed E-state index contributed by atoms with van der Waals surface area (Å²) in [5.41, 5.74) is 0.783. The van der Waals surface area contributed by atoms with Gasteiger partial charge in [0.1, 0.15) is 16.4 Å². The van der Waals surface area contributed by atoms with Gasteiger partial charge in [0.25, 0.3) is 0 Å². The summed E-state index contributed by atoms with van der Waals surface area (Å²) in [7, 11) is 1.59. The Bertz CT molecular complexity index is 332. The Labute approximate surface area is 99.8 Å². The van der Waals surface area contributed by atoms with E-state index >= 15 is 0 Å². The van der Waals surface area contributed by atoms with E-state index in [4.69, 9.17) is 27.9 Å². The van der Waals surface area contributed by atoms with Crippen LogP contribution < -0.4 is 0 Å². The second-order valence-corrected chi connectivity index (χ2v) is 4.33. The molecule has 0 aromatic carbocycles. The first kappa shape index (κ1) is 12.7. The van der Waals surface area contributed by atoms with E-state index in [1.54, 1.807) is 7.11 Å². The van der Waals surface area contributed by atoms with Crippen molar-refractivity contribution >= 4 is 23.2 Å². The molecule has 1 rings (SSSR count). The molecule has 1 unspecified atom stereocenters. The van der Waals surface area contributed by atoms with Gasteiger partial charge in [0.2, 0.25) is 0 Å². The van der Waals surface area contributed by atoms with Crippen molar-refractivity contribution in [2.45, 2.75) is 32.8 Å². The highest BCUT2D eigenvalue weighted by atomic mass is 35.5. The van der Waals surface area contributed by atoms with Gasteiger partial charge >= 0.3 is 0 Å².